The Morgan fingerprint density at radius 3 is 2.72 bits per heavy atom. The fraction of sp³-hybridized carbons (Fsp3) is 0.231. The van der Waals surface area contributed by atoms with Gasteiger partial charge >= 0.3 is 5.97 Å². The Morgan fingerprint density at radius 1 is 1.39 bits per heavy atom. The molecule has 0 bridgehead atoms. The summed E-state index contributed by atoms with van der Waals surface area (Å²) in [6, 6.07) is 11.3. The van der Waals surface area contributed by atoms with Gasteiger partial charge in [-0.3, -0.25) is 0 Å². The lowest BCUT2D eigenvalue weighted by molar-refractivity contribution is 0.0516. The quantitative estimate of drug-likeness (QED) is 0.644. The lowest BCUT2D eigenvalue weighted by Crippen LogP contribution is -2.11. The van der Waals surface area contributed by atoms with Gasteiger partial charge in [-0.1, -0.05) is 34.1 Å². The second kappa shape index (κ2) is 5.82. The van der Waals surface area contributed by atoms with Crippen molar-refractivity contribution in [2.24, 2.45) is 0 Å². The molecule has 4 nitrogen and oxygen atoms in total. The summed E-state index contributed by atoms with van der Waals surface area (Å²) in [5.74, 6) is -0.360. The van der Waals surface area contributed by atoms with E-state index in [-0.39, 0.29) is 5.97 Å². The van der Waals surface area contributed by atoms with E-state index in [2.05, 4.69) is 21.0 Å². The number of alkyl halides is 1. The van der Waals surface area contributed by atoms with Crippen LogP contribution >= 0.6 is 15.9 Å². The van der Waals surface area contributed by atoms with Gasteiger partial charge in [0, 0.05) is 5.33 Å². The number of aromatic nitrogens is 2. The van der Waals surface area contributed by atoms with E-state index in [0.717, 1.165) is 11.4 Å². The van der Waals surface area contributed by atoms with Crippen LogP contribution in [0.15, 0.2) is 36.4 Å². The zero-order valence-corrected chi connectivity index (χ0v) is 11.6. The van der Waals surface area contributed by atoms with Crippen LogP contribution < -0.4 is 0 Å². The van der Waals surface area contributed by atoms with Crippen LogP contribution in [0.1, 0.15) is 23.1 Å². The third kappa shape index (κ3) is 2.61. The summed E-state index contributed by atoms with van der Waals surface area (Å²) in [5, 5.41) is 4.97. The van der Waals surface area contributed by atoms with Crippen LogP contribution in [-0.4, -0.2) is 22.4 Å². The first-order chi connectivity index (χ1) is 8.76. The monoisotopic (exact) mass is 308 g/mol. The van der Waals surface area contributed by atoms with Gasteiger partial charge < -0.3 is 4.74 Å². The summed E-state index contributed by atoms with van der Waals surface area (Å²) in [4.78, 5) is 11.9. The third-order valence-corrected chi connectivity index (χ3v) is 2.96. The summed E-state index contributed by atoms with van der Waals surface area (Å²) in [5.41, 5.74) is 2.08. The van der Waals surface area contributed by atoms with E-state index in [0.29, 0.717) is 17.6 Å². The number of rotatable bonds is 4. The molecule has 2 aromatic rings. The molecule has 0 amide bonds. The Labute approximate surface area is 114 Å². The van der Waals surface area contributed by atoms with Gasteiger partial charge in [-0.25, -0.2) is 9.48 Å². The number of ether oxygens (including phenoxy) is 1. The molecule has 2 rings (SSSR count). The molecular weight excluding hydrogens is 296 g/mol. The van der Waals surface area contributed by atoms with Gasteiger partial charge in [-0.2, -0.15) is 5.10 Å². The molecule has 0 atom stereocenters. The maximum atomic E-state index is 11.9. The fourth-order valence-corrected chi connectivity index (χ4v) is 1.89. The molecule has 0 saturated carbocycles. The maximum absolute atomic E-state index is 11.9. The summed E-state index contributed by atoms with van der Waals surface area (Å²) in [7, 11) is 0. The maximum Gasteiger partial charge on any atom is 0.357 e. The van der Waals surface area contributed by atoms with Gasteiger partial charge in [0.05, 0.1) is 18.0 Å². The average molecular weight is 309 g/mol. The van der Waals surface area contributed by atoms with Crippen LogP contribution in [0, 0.1) is 0 Å². The molecule has 0 radical (unpaired) electrons. The number of carbonyl (C=O) groups excluding carboxylic acids is 1. The molecule has 0 N–H and O–H groups in total. The minimum Gasteiger partial charge on any atom is -0.461 e. The molecule has 0 unspecified atom stereocenters. The lowest BCUT2D eigenvalue weighted by Gasteiger charge is -2.06. The summed E-state index contributed by atoms with van der Waals surface area (Å²) in [6.07, 6.45) is 0. The van der Waals surface area contributed by atoms with Crippen molar-refractivity contribution in [2.45, 2.75) is 12.3 Å². The first kappa shape index (κ1) is 12.8. The number of benzene rings is 1. The number of halogens is 1. The van der Waals surface area contributed by atoms with E-state index in [1.54, 1.807) is 17.7 Å². The number of carbonyl (C=O) groups is 1. The van der Waals surface area contributed by atoms with Crippen LogP contribution in [0.3, 0.4) is 0 Å². The molecule has 1 aromatic heterocycles. The number of para-hydroxylation sites is 1. The zero-order valence-electron chi connectivity index (χ0n) is 9.97. The van der Waals surface area contributed by atoms with Crippen molar-refractivity contribution < 1.29 is 9.53 Å². The molecule has 0 fully saturated rings. The molecule has 1 heterocycles. The van der Waals surface area contributed by atoms with Crippen molar-refractivity contribution in [2.75, 3.05) is 6.61 Å². The minimum atomic E-state index is -0.360. The predicted molar refractivity (Wildman–Crippen MR) is 72.2 cm³/mol. The van der Waals surface area contributed by atoms with Crippen molar-refractivity contribution >= 4 is 21.9 Å². The highest BCUT2D eigenvalue weighted by molar-refractivity contribution is 9.08. The number of nitrogens with zero attached hydrogens (tertiary/aromatic N) is 2. The summed E-state index contributed by atoms with van der Waals surface area (Å²) < 4.78 is 6.64. The molecule has 0 saturated heterocycles. The Kier molecular flexibility index (Phi) is 4.15. The second-order valence-electron chi connectivity index (χ2n) is 3.62. The van der Waals surface area contributed by atoms with Gasteiger partial charge in [0.25, 0.3) is 0 Å². The molecule has 0 aliphatic carbocycles. The van der Waals surface area contributed by atoms with Crippen molar-refractivity contribution in [1.29, 1.82) is 0 Å². The predicted octanol–water partition coefficient (Wildman–Crippen LogP) is 2.94. The highest BCUT2D eigenvalue weighted by atomic mass is 79.9. The van der Waals surface area contributed by atoms with Crippen LogP contribution in [0.25, 0.3) is 5.69 Å². The standard InChI is InChI=1S/C13H13BrN2O2/c1-2-18-13(17)12-8-10(9-14)15-16(12)11-6-4-3-5-7-11/h3-8H,2,9H2,1H3. The minimum absolute atomic E-state index is 0.350. The number of hydrogen-bond acceptors (Lipinski definition) is 3. The largest absolute Gasteiger partial charge is 0.461 e. The fourth-order valence-electron chi connectivity index (χ4n) is 1.61. The molecule has 0 aliphatic rings. The third-order valence-electron chi connectivity index (χ3n) is 2.38. The van der Waals surface area contributed by atoms with Crippen LogP contribution in [0.2, 0.25) is 0 Å². The number of hydrogen-bond donors (Lipinski definition) is 0. The van der Waals surface area contributed by atoms with Crippen molar-refractivity contribution in [3.63, 3.8) is 0 Å². The molecule has 0 aliphatic heterocycles. The topological polar surface area (TPSA) is 44.1 Å². The van der Waals surface area contributed by atoms with Gasteiger partial charge in [0.2, 0.25) is 0 Å². The average Bonchev–Trinajstić information content (AvgIpc) is 2.84. The van der Waals surface area contributed by atoms with E-state index < -0.39 is 0 Å². The van der Waals surface area contributed by atoms with Crippen LogP contribution in [0.5, 0.6) is 0 Å². The Balaban J connectivity index is 2.45. The summed E-state index contributed by atoms with van der Waals surface area (Å²) >= 11 is 3.34. The number of esters is 1. The Bertz CT molecular complexity index is 537. The van der Waals surface area contributed by atoms with Crippen LogP contribution in [-0.2, 0) is 10.1 Å². The Hall–Kier alpha value is -1.62. The lowest BCUT2D eigenvalue weighted by atomic mass is 10.3. The van der Waals surface area contributed by atoms with E-state index in [1.807, 2.05) is 30.3 Å². The molecule has 94 valence electrons. The van der Waals surface area contributed by atoms with E-state index in [9.17, 15) is 4.79 Å². The summed E-state index contributed by atoms with van der Waals surface area (Å²) in [6.45, 7) is 2.13. The highest BCUT2D eigenvalue weighted by Crippen LogP contribution is 2.15. The van der Waals surface area contributed by atoms with E-state index in [4.69, 9.17) is 4.74 Å². The highest BCUT2D eigenvalue weighted by Gasteiger charge is 2.16. The van der Waals surface area contributed by atoms with Crippen molar-refractivity contribution in [3.8, 4) is 5.69 Å². The second-order valence-corrected chi connectivity index (χ2v) is 4.18. The normalized spacial score (nSPS) is 10.3. The SMILES string of the molecule is CCOC(=O)c1cc(CBr)nn1-c1ccccc1. The van der Waals surface area contributed by atoms with Gasteiger partial charge in [0.1, 0.15) is 0 Å². The molecule has 5 heteroatoms. The van der Waals surface area contributed by atoms with Gasteiger partial charge in [-0.15, -0.1) is 0 Å². The molecule has 1 aromatic carbocycles. The first-order valence-corrected chi connectivity index (χ1v) is 6.76. The van der Waals surface area contributed by atoms with Gasteiger partial charge in [0.15, 0.2) is 5.69 Å². The van der Waals surface area contributed by atoms with Crippen molar-refractivity contribution in [3.05, 3.63) is 47.8 Å². The van der Waals surface area contributed by atoms with E-state index in [1.165, 1.54) is 0 Å². The van der Waals surface area contributed by atoms with E-state index >= 15 is 0 Å². The van der Waals surface area contributed by atoms with Crippen molar-refractivity contribution in [1.82, 2.24) is 9.78 Å². The van der Waals surface area contributed by atoms with Crippen LogP contribution in [0.4, 0.5) is 0 Å². The molecule has 0 spiro atoms. The Morgan fingerprint density at radius 2 is 2.11 bits per heavy atom. The molecular formula is C13H13BrN2O2. The first-order valence-electron chi connectivity index (χ1n) is 5.63. The smallest absolute Gasteiger partial charge is 0.357 e. The van der Waals surface area contributed by atoms with Gasteiger partial charge in [-0.05, 0) is 25.1 Å². The molecule has 18 heavy (non-hydrogen) atoms. The zero-order chi connectivity index (χ0) is 13.0.